The minimum Gasteiger partial charge on any atom is -0.455 e. The van der Waals surface area contributed by atoms with Gasteiger partial charge >= 0.3 is 0 Å². The molecule has 2 heterocycles. The maximum absolute atomic E-state index is 12.4. The summed E-state index contributed by atoms with van der Waals surface area (Å²) in [5, 5.41) is 3.55. The number of halogens is 1. The largest absolute Gasteiger partial charge is 0.455 e. The van der Waals surface area contributed by atoms with Crippen LogP contribution < -0.4 is 5.32 Å². The molecule has 1 aliphatic heterocycles. The van der Waals surface area contributed by atoms with Gasteiger partial charge in [0, 0.05) is 47.8 Å². The van der Waals surface area contributed by atoms with E-state index in [9.17, 15) is 9.00 Å². The number of furan rings is 1. The molecule has 0 saturated carbocycles. The third-order valence-electron chi connectivity index (χ3n) is 5.55. The van der Waals surface area contributed by atoms with Crippen LogP contribution in [0.2, 0.25) is 5.02 Å². The molecule has 2 aromatic carbocycles. The van der Waals surface area contributed by atoms with Crippen LogP contribution in [0.5, 0.6) is 0 Å². The van der Waals surface area contributed by atoms with Crippen molar-refractivity contribution in [3.8, 4) is 0 Å². The predicted molar refractivity (Wildman–Crippen MR) is 128 cm³/mol. The first kappa shape index (κ1) is 22.8. The van der Waals surface area contributed by atoms with Crippen molar-refractivity contribution in [2.24, 2.45) is 0 Å². The first-order valence-corrected chi connectivity index (χ1v) is 12.7. The van der Waals surface area contributed by atoms with Crippen molar-refractivity contribution in [3.05, 3.63) is 93.9 Å². The number of hydrogen-bond donors (Lipinski definition) is 1. The van der Waals surface area contributed by atoms with Gasteiger partial charge in [-0.3, -0.25) is 13.9 Å². The molecule has 1 aliphatic rings. The van der Waals surface area contributed by atoms with Crippen LogP contribution in [0.1, 0.15) is 39.4 Å². The lowest BCUT2D eigenvalue weighted by Gasteiger charge is -2.28. The fourth-order valence-electron chi connectivity index (χ4n) is 3.94. The predicted octanol–water partition coefficient (Wildman–Crippen LogP) is 4.56. The van der Waals surface area contributed by atoms with Gasteiger partial charge in [0.05, 0.1) is 5.75 Å². The third-order valence-corrected chi connectivity index (χ3v) is 7.05. The summed E-state index contributed by atoms with van der Waals surface area (Å²) in [6.07, 6.45) is 1.96. The van der Waals surface area contributed by atoms with Gasteiger partial charge in [-0.15, -0.1) is 0 Å². The molecule has 1 aromatic heterocycles. The lowest BCUT2D eigenvalue weighted by Crippen LogP contribution is -2.33. The highest BCUT2D eigenvalue weighted by Gasteiger charge is 2.16. The first-order valence-electron chi connectivity index (χ1n) is 10.8. The molecule has 7 heteroatoms. The standard InChI is InChI=1S/C25H27ClN2O3S/c26-22-8-3-5-19(15-22)17-32(30)18-23-9-10-24(31-23)25(29)27-12-4-13-28-14-11-20-6-1-2-7-21(20)16-28/h1-3,5-10,15H,4,11-14,16-18H2,(H,27,29)/t32-/m1/s1. The number of nitrogens with one attached hydrogen (secondary N) is 1. The summed E-state index contributed by atoms with van der Waals surface area (Å²) in [7, 11) is -1.15. The van der Waals surface area contributed by atoms with Crippen molar-refractivity contribution < 1.29 is 13.4 Å². The maximum Gasteiger partial charge on any atom is 0.286 e. The van der Waals surface area contributed by atoms with Crippen LogP contribution in [-0.2, 0) is 35.3 Å². The molecule has 0 spiro atoms. The van der Waals surface area contributed by atoms with Gasteiger partial charge in [0.1, 0.15) is 5.76 Å². The molecular formula is C25H27ClN2O3S. The molecular weight excluding hydrogens is 444 g/mol. The van der Waals surface area contributed by atoms with Gasteiger partial charge in [-0.1, -0.05) is 48.0 Å². The van der Waals surface area contributed by atoms with Gasteiger partial charge in [-0.25, -0.2) is 0 Å². The first-order chi connectivity index (χ1) is 15.6. The number of amides is 1. The van der Waals surface area contributed by atoms with Gasteiger partial charge < -0.3 is 9.73 Å². The molecule has 3 aromatic rings. The number of hydrogen-bond acceptors (Lipinski definition) is 4. The molecule has 1 N–H and O–H groups in total. The van der Waals surface area contributed by atoms with Crippen LogP contribution in [0.25, 0.3) is 0 Å². The number of rotatable bonds is 9. The molecule has 4 rings (SSSR count). The molecule has 32 heavy (non-hydrogen) atoms. The summed E-state index contributed by atoms with van der Waals surface area (Å²) < 4.78 is 18.0. The highest BCUT2D eigenvalue weighted by atomic mass is 35.5. The summed E-state index contributed by atoms with van der Waals surface area (Å²) in [5.74, 6) is 1.22. The van der Waals surface area contributed by atoms with Crippen LogP contribution in [-0.4, -0.2) is 34.7 Å². The molecule has 0 saturated heterocycles. The van der Waals surface area contributed by atoms with E-state index in [1.165, 1.54) is 11.1 Å². The molecule has 0 unspecified atom stereocenters. The average molecular weight is 471 g/mol. The summed E-state index contributed by atoms with van der Waals surface area (Å²) >= 11 is 5.98. The number of carbonyl (C=O) groups is 1. The molecule has 1 amide bonds. The Labute approximate surface area is 196 Å². The van der Waals surface area contributed by atoms with Crippen LogP contribution in [0.3, 0.4) is 0 Å². The van der Waals surface area contributed by atoms with E-state index in [1.807, 2.05) is 18.2 Å². The molecule has 0 bridgehead atoms. The van der Waals surface area contributed by atoms with E-state index in [-0.39, 0.29) is 17.4 Å². The summed E-state index contributed by atoms with van der Waals surface area (Å²) in [6.45, 7) is 3.56. The minimum absolute atomic E-state index is 0.235. The Morgan fingerprint density at radius 2 is 1.91 bits per heavy atom. The van der Waals surface area contributed by atoms with E-state index >= 15 is 0 Å². The van der Waals surface area contributed by atoms with Crippen LogP contribution >= 0.6 is 11.6 Å². The zero-order valence-corrected chi connectivity index (χ0v) is 19.5. The van der Waals surface area contributed by atoms with Gasteiger partial charge in [0.25, 0.3) is 5.91 Å². The normalized spacial score (nSPS) is 14.7. The summed E-state index contributed by atoms with van der Waals surface area (Å²) in [4.78, 5) is 14.8. The topological polar surface area (TPSA) is 62.6 Å². The molecule has 0 fully saturated rings. The Balaban J connectivity index is 1.18. The fraction of sp³-hybridized carbons (Fsp3) is 0.320. The SMILES string of the molecule is O=C(NCCCN1CCc2ccccc2C1)c1ccc(C[S@](=O)Cc2cccc(Cl)c2)o1. The molecule has 168 valence electrons. The van der Waals surface area contributed by atoms with Crippen molar-refractivity contribution in [1.29, 1.82) is 0 Å². The average Bonchev–Trinajstić information content (AvgIpc) is 3.25. The van der Waals surface area contributed by atoms with Gasteiger partial charge in [-0.05, 0) is 53.8 Å². The molecule has 0 radical (unpaired) electrons. The van der Waals surface area contributed by atoms with Crippen molar-refractivity contribution >= 4 is 28.3 Å². The highest BCUT2D eigenvalue weighted by Crippen LogP contribution is 2.18. The quantitative estimate of drug-likeness (QED) is 0.466. The van der Waals surface area contributed by atoms with Crippen molar-refractivity contribution in [2.45, 2.75) is 30.9 Å². The summed E-state index contributed by atoms with van der Waals surface area (Å²) in [5.41, 5.74) is 3.76. The Morgan fingerprint density at radius 1 is 1.06 bits per heavy atom. The van der Waals surface area contributed by atoms with Crippen molar-refractivity contribution in [3.63, 3.8) is 0 Å². The van der Waals surface area contributed by atoms with Gasteiger partial charge in [-0.2, -0.15) is 0 Å². The Bertz CT molecular complexity index is 1100. The highest BCUT2D eigenvalue weighted by molar-refractivity contribution is 7.83. The third kappa shape index (κ3) is 6.31. The van der Waals surface area contributed by atoms with Crippen molar-refractivity contribution in [2.75, 3.05) is 19.6 Å². The monoisotopic (exact) mass is 470 g/mol. The second-order valence-electron chi connectivity index (χ2n) is 8.03. The van der Waals surface area contributed by atoms with Crippen LogP contribution in [0.4, 0.5) is 0 Å². The number of nitrogens with zero attached hydrogens (tertiary/aromatic N) is 1. The lowest BCUT2D eigenvalue weighted by molar-refractivity contribution is 0.0922. The van der Waals surface area contributed by atoms with E-state index in [0.29, 0.717) is 23.1 Å². The summed E-state index contributed by atoms with van der Waals surface area (Å²) in [6, 6.07) is 19.3. The van der Waals surface area contributed by atoms with E-state index in [2.05, 4.69) is 34.5 Å². The molecule has 5 nitrogen and oxygen atoms in total. The van der Waals surface area contributed by atoms with E-state index < -0.39 is 10.8 Å². The van der Waals surface area contributed by atoms with E-state index in [1.54, 1.807) is 18.2 Å². The van der Waals surface area contributed by atoms with Gasteiger partial charge in [0.15, 0.2) is 5.76 Å². The Morgan fingerprint density at radius 3 is 2.75 bits per heavy atom. The van der Waals surface area contributed by atoms with Crippen LogP contribution in [0, 0.1) is 0 Å². The molecule has 1 atom stereocenters. The smallest absolute Gasteiger partial charge is 0.286 e. The van der Waals surface area contributed by atoms with Crippen LogP contribution in [0.15, 0.2) is 65.1 Å². The number of carbonyl (C=O) groups excluding carboxylic acids is 1. The number of fused-ring (bicyclic) bond motifs is 1. The fourth-order valence-corrected chi connectivity index (χ4v) is 5.28. The minimum atomic E-state index is -1.15. The lowest BCUT2D eigenvalue weighted by atomic mass is 10.00. The Hall–Kier alpha value is -2.41. The zero-order valence-electron chi connectivity index (χ0n) is 17.9. The maximum atomic E-state index is 12.4. The number of benzene rings is 2. The Kier molecular flexibility index (Phi) is 7.79. The zero-order chi connectivity index (χ0) is 22.3. The van der Waals surface area contributed by atoms with Crippen molar-refractivity contribution in [1.82, 2.24) is 10.2 Å². The molecule has 0 aliphatic carbocycles. The van der Waals surface area contributed by atoms with E-state index in [0.717, 1.165) is 38.0 Å². The van der Waals surface area contributed by atoms with E-state index in [4.69, 9.17) is 16.0 Å². The van der Waals surface area contributed by atoms with Gasteiger partial charge in [0.2, 0.25) is 0 Å². The second kappa shape index (κ2) is 10.9. The second-order valence-corrected chi connectivity index (χ2v) is 9.92.